The van der Waals surface area contributed by atoms with Crippen molar-refractivity contribution in [2.45, 2.75) is 44.4 Å². The molecular weight excluding hydrogens is 394 g/mol. The number of nitrogens with one attached hydrogen (secondary N) is 2. The number of anilines is 3. The largest absolute Gasteiger partial charge is 0.480 e. The Morgan fingerprint density at radius 1 is 1.23 bits per heavy atom. The van der Waals surface area contributed by atoms with Crippen LogP contribution in [0.2, 0.25) is 0 Å². The zero-order chi connectivity index (χ0) is 21.4. The monoisotopic (exact) mass is 421 g/mol. The Labute approximate surface area is 180 Å². The van der Waals surface area contributed by atoms with Crippen LogP contribution in [0.5, 0.6) is 5.88 Å². The molecule has 0 unspecified atom stereocenters. The van der Waals surface area contributed by atoms with Crippen LogP contribution in [0.1, 0.15) is 30.5 Å². The molecule has 3 aromatic rings. The Morgan fingerprint density at radius 3 is 2.94 bits per heavy atom. The van der Waals surface area contributed by atoms with Gasteiger partial charge in [0.05, 0.1) is 24.9 Å². The number of aromatic nitrogens is 4. The summed E-state index contributed by atoms with van der Waals surface area (Å²) in [5.74, 6) is 1.64. The van der Waals surface area contributed by atoms with Crippen molar-refractivity contribution in [2.75, 3.05) is 31.3 Å². The van der Waals surface area contributed by atoms with Crippen molar-refractivity contribution in [1.82, 2.24) is 24.8 Å². The lowest BCUT2D eigenvalue weighted by Gasteiger charge is -2.25. The van der Waals surface area contributed by atoms with Crippen LogP contribution < -0.4 is 15.4 Å². The fourth-order valence-corrected chi connectivity index (χ4v) is 4.37. The number of rotatable bonds is 5. The molecule has 162 valence electrons. The van der Waals surface area contributed by atoms with E-state index in [0.29, 0.717) is 23.2 Å². The molecule has 3 aromatic heterocycles. The van der Waals surface area contributed by atoms with Crippen molar-refractivity contribution in [3.8, 4) is 5.88 Å². The van der Waals surface area contributed by atoms with Gasteiger partial charge in [-0.05, 0) is 44.0 Å². The highest BCUT2D eigenvalue weighted by Gasteiger charge is 2.26. The average molecular weight is 422 g/mol. The minimum atomic E-state index is -0.361. The fraction of sp³-hybridized carbons (Fsp3) is 0.455. The van der Waals surface area contributed by atoms with Crippen LogP contribution in [0.3, 0.4) is 0 Å². The number of likely N-dealkylation sites (N-methyl/N-ethyl adjacent to an activating group) is 1. The molecule has 0 amide bonds. The average Bonchev–Trinajstić information content (AvgIpc) is 3.18. The van der Waals surface area contributed by atoms with Gasteiger partial charge in [0.2, 0.25) is 11.8 Å². The van der Waals surface area contributed by atoms with Crippen LogP contribution in [0.4, 0.5) is 17.5 Å². The van der Waals surface area contributed by atoms with Crippen molar-refractivity contribution in [3.63, 3.8) is 0 Å². The summed E-state index contributed by atoms with van der Waals surface area (Å²) in [4.78, 5) is 20.6. The molecular formula is C22H27N7O2. The molecule has 0 aromatic carbocycles. The number of ether oxygens (including phenoxy) is 1. The highest BCUT2D eigenvalue weighted by atomic mass is 16.5. The number of aliphatic hydroxyl groups excluding tert-OH is 1. The van der Waals surface area contributed by atoms with Crippen molar-refractivity contribution >= 4 is 28.4 Å². The van der Waals surface area contributed by atoms with E-state index in [9.17, 15) is 5.11 Å². The second kappa shape index (κ2) is 8.24. The molecule has 2 aliphatic rings. The highest BCUT2D eigenvalue weighted by molar-refractivity contribution is 5.88. The summed E-state index contributed by atoms with van der Waals surface area (Å²) < 4.78 is 5.53. The predicted molar refractivity (Wildman–Crippen MR) is 119 cm³/mol. The summed E-state index contributed by atoms with van der Waals surface area (Å²) in [6.45, 7) is 1.84. The first kappa shape index (κ1) is 19.9. The first-order valence-electron chi connectivity index (χ1n) is 10.7. The molecule has 9 nitrogen and oxygen atoms in total. The van der Waals surface area contributed by atoms with Crippen LogP contribution in [0.25, 0.3) is 10.9 Å². The third kappa shape index (κ3) is 3.98. The summed E-state index contributed by atoms with van der Waals surface area (Å²) in [7, 11) is 3.73. The number of hydrogen-bond donors (Lipinski definition) is 3. The molecule has 3 N–H and O–H groups in total. The molecule has 4 heterocycles. The maximum absolute atomic E-state index is 10.2. The van der Waals surface area contributed by atoms with Crippen molar-refractivity contribution < 1.29 is 9.84 Å². The van der Waals surface area contributed by atoms with Gasteiger partial charge in [-0.2, -0.15) is 0 Å². The molecule has 31 heavy (non-hydrogen) atoms. The summed E-state index contributed by atoms with van der Waals surface area (Å²) in [5.41, 5.74) is 3.70. The molecule has 1 saturated carbocycles. The molecule has 0 radical (unpaired) electrons. The number of nitrogens with zero attached hydrogens (tertiary/aromatic N) is 5. The van der Waals surface area contributed by atoms with Gasteiger partial charge in [-0.1, -0.05) is 0 Å². The Kier molecular flexibility index (Phi) is 5.29. The standard InChI is InChI=1S/C22H27N7O2/c1-29-9-7-15-14(12-29)10-17(21(26-15)31-2)27-22-24-11-13-6-8-23-20(19(13)28-22)25-16-4-3-5-18(16)30/h6,8,10-11,16,18,30H,3-5,7,9,12H2,1-2H3,(H,23,25)(H,24,27,28)/t16-,18+/m1/s1. The van der Waals surface area contributed by atoms with Gasteiger partial charge in [-0.15, -0.1) is 0 Å². The van der Waals surface area contributed by atoms with E-state index in [-0.39, 0.29) is 12.1 Å². The number of methoxy groups -OCH3 is 1. The van der Waals surface area contributed by atoms with Gasteiger partial charge in [0, 0.05) is 37.3 Å². The molecule has 1 fully saturated rings. The van der Waals surface area contributed by atoms with E-state index < -0.39 is 0 Å². The Hall–Kier alpha value is -3.04. The van der Waals surface area contributed by atoms with Gasteiger partial charge in [-0.3, -0.25) is 0 Å². The van der Waals surface area contributed by atoms with Gasteiger partial charge in [0.1, 0.15) is 11.2 Å². The Balaban J connectivity index is 1.47. The normalized spacial score (nSPS) is 21.1. The molecule has 0 bridgehead atoms. The number of hydrogen-bond acceptors (Lipinski definition) is 9. The molecule has 0 saturated heterocycles. The fourth-order valence-electron chi connectivity index (χ4n) is 4.37. The van der Waals surface area contributed by atoms with Crippen molar-refractivity contribution in [2.24, 2.45) is 0 Å². The first-order chi connectivity index (χ1) is 15.1. The van der Waals surface area contributed by atoms with Gasteiger partial charge < -0.3 is 25.4 Å². The molecule has 0 spiro atoms. The SMILES string of the molecule is COc1nc2c(cc1Nc1ncc3ccnc(N[C@@H]4CCC[C@@H]4O)c3n1)CN(C)CC2. The topological polar surface area (TPSA) is 108 Å². The van der Waals surface area contributed by atoms with E-state index in [2.05, 4.69) is 38.6 Å². The maximum Gasteiger partial charge on any atom is 0.237 e. The number of aliphatic hydroxyl groups is 1. The minimum Gasteiger partial charge on any atom is -0.480 e. The van der Waals surface area contributed by atoms with Crippen LogP contribution in [0.15, 0.2) is 24.5 Å². The van der Waals surface area contributed by atoms with E-state index in [0.717, 1.165) is 55.5 Å². The number of fused-ring (bicyclic) bond motifs is 2. The maximum atomic E-state index is 10.2. The quantitative estimate of drug-likeness (QED) is 0.572. The summed E-state index contributed by atoms with van der Waals surface area (Å²) in [6, 6.07) is 3.94. The summed E-state index contributed by atoms with van der Waals surface area (Å²) in [6.07, 6.45) is 6.78. The number of pyridine rings is 2. The van der Waals surface area contributed by atoms with E-state index in [4.69, 9.17) is 14.7 Å². The second-order valence-electron chi connectivity index (χ2n) is 8.30. The lowest BCUT2D eigenvalue weighted by atomic mass is 10.1. The molecule has 1 aliphatic heterocycles. The lowest BCUT2D eigenvalue weighted by Crippen LogP contribution is -2.28. The van der Waals surface area contributed by atoms with E-state index >= 15 is 0 Å². The molecule has 2 atom stereocenters. The van der Waals surface area contributed by atoms with Gasteiger partial charge in [0.15, 0.2) is 5.82 Å². The minimum absolute atomic E-state index is 0.00796. The zero-order valence-electron chi connectivity index (χ0n) is 17.8. The third-order valence-corrected chi connectivity index (χ3v) is 6.07. The van der Waals surface area contributed by atoms with Crippen LogP contribution in [0, 0.1) is 0 Å². The van der Waals surface area contributed by atoms with Gasteiger partial charge in [-0.25, -0.2) is 19.9 Å². The van der Waals surface area contributed by atoms with Crippen molar-refractivity contribution in [3.05, 3.63) is 35.8 Å². The predicted octanol–water partition coefficient (Wildman–Crippen LogP) is 2.49. The van der Waals surface area contributed by atoms with Crippen LogP contribution in [-0.2, 0) is 13.0 Å². The van der Waals surface area contributed by atoms with E-state index in [1.807, 2.05) is 6.07 Å². The second-order valence-corrected chi connectivity index (χ2v) is 8.30. The Morgan fingerprint density at radius 2 is 2.13 bits per heavy atom. The Bertz CT molecular complexity index is 1110. The van der Waals surface area contributed by atoms with E-state index in [1.54, 1.807) is 19.5 Å². The van der Waals surface area contributed by atoms with Crippen molar-refractivity contribution in [1.29, 1.82) is 0 Å². The summed E-state index contributed by atoms with van der Waals surface area (Å²) in [5, 5.41) is 17.7. The third-order valence-electron chi connectivity index (χ3n) is 6.07. The van der Waals surface area contributed by atoms with Crippen LogP contribution >= 0.6 is 0 Å². The van der Waals surface area contributed by atoms with E-state index in [1.165, 1.54) is 5.56 Å². The smallest absolute Gasteiger partial charge is 0.237 e. The molecule has 1 aliphatic carbocycles. The van der Waals surface area contributed by atoms with Crippen LogP contribution in [-0.4, -0.2) is 62.8 Å². The lowest BCUT2D eigenvalue weighted by molar-refractivity contribution is 0.171. The highest BCUT2D eigenvalue weighted by Crippen LogP contribution is 2.31. The molecule has 5 rings (SSSR count). The van der Waals surface area contributed by atoms with Gasteiger partial charge in [0.25, 0.3) is 0 Å². The first-order valence-corrected chi connectivity index (χ1v) is 10.7. The molecule has 9 heteroatoms. The summed E-state index contributed by atoms with van der Waals surface area (Å²) >= 11 is 0. The van der Waals surface area contributed by atoms with Gasteiger partial charge >= 0.3 is 0 Å². The zero-order valence-corrected chi connectivity index (χ0v) is 17.8.